The number of nitrogens with one attached hydrogen (secondary N) is 1. The van der Waals surface area contributed by atoms with Gasteiger partial charge in [-0.1, -0.05) is 47.5 Å². The van der Waals surface area contributed by atoms with E-state index in [2.05, 4.69) is 10.3 Å². The highest BCUT2D eigenvalue weighted by Crippen LogP contribution is 2.32. The van der Waals surface area contributed by atoms with Crippen LogP contribution in [0.15, 0.2) is 66.9 Å². The molecule has 1 unspecified atom stereocenters. The van der Waals surface area contributed by atoms with Crippen LogP contribution >= 0.6 is 11.6 Å². The van der Waals surface area contributed by atoms with Crippen LogP contribution in [-0.2, 0) is 11.2 Å². The maximum Gasteiger partial charge on any atom is 0.260 e. The standard InChI is InChI=1S/C23H20ClN3O2/c1-15-6-10-18(11-7-15)26-22(28)20-12-8-16-4-2-3-5-19(16)27(20)23(29)17-9-13-21(24)25-14-17/h2-7,9-11,13-14,20H,8,12H2,1H3,(H,26,28). The Hall–Kier alpha value is -3.18. The molecule has 0 aliphatic carbocycles. The average molecular weight is 406 g/mol. The Labute approximate surface area is 174 Å². The van der Waals surface area contributed by atoms with Crippen molar-refractivity contribution in [2.75, 3.05) is 10.2 Å². The van der Waals surface area contributed by atoms with Crippen molar-refractivity contribution in [2.45, 2.75) is 25.8 Å². The van der Waals surface area contributed by atoms with E-state index in [1.807, 2.05) is 55.5 Å². The number of aryl methyl sites for hydroxylation is 2. The van der Waals surface area contributed by atoms with Gasteiger partial charge in [0.2, 0.25) is 5.91 Å². The second-order valence-electron chi connectivity index (χ2n) is 7.08. The minimum Gasteiger partial charge on any atom is -0.324 e. The number of halogens is 1. The number of fused-ring (bicyclic) bond motifs is 1. The molecule has 0 fully saturated rings. The van der Waals surface area contributed by atoms with Gasteiger partial charge >= 0.3 is 0 Å². The molecular formula is C23H20ClN3O2. The van der Waals surface area contributed by atoms with Crippen LogP contribution in [0.1, 0.15) is 27.9 Å². The zero-order valence-electron chi connectivity index (χ0n) is 15.9. The first-order valence-electron chi connectivity index (χ1n) is 9.43. The predicted octanol–water partition coefficient (Wildman–Crippen LogP) is 4.64. The number of hydrogen-bond donors (Lipinski definition) is 1. The highest BCUT2D eigenvalue weighted by Gasteiger charge is 2.36. The van der Waals surface area contributed by atoms with Crippen LogP contribution in [0.5, 0.6) is 0 Å². The molecule has 3 aromatic rings. The van der Waals surface area contributed by atoms with E-state index in [1.54, 1.807) is 17.0 Å². The third-order valence-electron chi connectivity index (χ3n) is 5.06. The van der Waals surface area contributed by atoms with Gasteiger partial charge in [0.25, 0.3) is 5.91 Å². The molecule has 2 heterocycles. The summed E-state index contributed by atoms with van der Waals surface area (Å²) in [6.45, 7) is 1.99. The molecule has 2 aromatic carbocycles. The largest absolute Gasteiger partial charge is 0.324 e. The summed E-state index contributed by atoms with van der Waals surface area (Å²) in [6.07, 6.45) is 2.71. The molecule has 0 spiro atoms. The average Bonchev–Trinajstić information content (AvgIpc) is 2.74. The van der Waals surface area contributed by atoms with Crippen molar-refractivity contribution in [1.82, 2.24) is 4.98 Å². The fourth-order valence-corrected chi connectivity index (χ4v) is 3.66. The first-order chi connectivity index (χ1) is 14.0. The van der Waals surface area contributed by atoms with Gasteiger partial charge in [-0.2, -0.15) is 0 Å². The Bertz CT molecular complexity index is 1050. The Morgan fingerprint density at radius 2 is 1.83 bits per heavy atom. The number of hydrogen-bond acceptors (Lipinski definition) is 3. The van der Waals surface area contributed by atoms with E-state index in [4.69, 9.17) is 11.6 Å². The Balaban J connectivity index is 1.68. The maximum atomic E-state index is 13.3. The van der Waals surface area contributed by atoms with Crippen LogP contribution in [0, 0.1) is 6.92 Å². The summed E-state index contributed by atoms with van der Waals surface area (Å²) < 4.78 is 0. The van der Waals surface area contributed by atoms with Gasteiger partial charge < -0.3 is 5.32 Å². The normalized spacial score (nSPS) is 15.5. The first-order valence-corrected chi connectivity index (χ1v) is 9.81. The smallest absolute Gasteiger partial charge is 0.260 e. The van der Waals surface area contributed by atoms with Gasteiger partial charge in [-0.15, -0.1) is 0 Å². The number of carbonyl (C=O) groups is 2. The number of pyridine rings is 1. The Morgan fingerprint density at radius 3 is 2.55 bits per heavy atom. The zero-order chi connectivity index (χ0) is 20.4. The SMILES string of the molecule is Cc1ccc(NC(=O)C2CCc3ccccc3N2C(=O)c2ccc(Cl)nc2)cc1. The number of para-hydroxylation sites is 1. The van der Waals surface area contributed by atoms with Crippen LogP contribution in [0.2, 0.25) is 5.15 Å². The van der Waals surface area contributed by atoms with Crippen molar-refractivity contribution in [2.24, 2.45) is 0 Å². The molecule has 1 aromatic heterocycles. The molecule has 1 atom stereocenters. The summed E-state index contributed by atoms with van der Waals surface area (Å²) in [7, 11) is 0. The number of anilines is 2. The van der Waals surface area contributed by atoms with Gasteiger partial charge in [0.15, 0.2) is 0 Å². The van der Waals surface area contributed by atoms with E-state index in [0.29, 0.717) is 22.8 Å². The van der Waals surface area contributed by atoms with E-state index in [1.165, 1.54) is 6.20 Å². The van der Waals surface area contributed by atoms with Crippen molar-refractivity contribution in [3.8, 4) is 0 Å². The summed E-state index contributed by atoms with van der Waals surface area (Å²) in [5.41, 5.74) is 4.01. The molecular weight excluding hydrogens is 386 g/mol. The van der Waals surface area contributed by atoms with Crippen LogP contribution < -0.4 is 10.2 Å². The van der Waals surface area contributed by atoms with Crippen LogP contribution in [-0.4, -0.2) is 22.8 Å². The minimum atomic E-state index is -0.616. The molecule has 1 aliphatic heterocycles. The summed E-state index contributed by atoms with van der Waals surface area (Å²) >= 11 is 5.86. The summed E-state index contributed by atoms with van der Waals surface area (Å²) in [5, 5.41) is 3.26. The maximum absolute atomic E-state index is 13.3. The van der Waals surface area contributed by atoms with E-state index in [0.717, 1.165) is 23.2 Å². The van der Waals surface area contributed by atoms with Gasteiger partial charge in [-0.05, 0) is 55.7 Å². The monoisotopic (exact) mass is 405 g/mol. The minimum absolute atomic E-state index is 0.210. The molecule has 29 heavy (non-hydrogen) atoms. The number of nitrogens with zero attached hydrogens (tertiary/aromatic N) is 2. The lowest BCUT2D eigenvalue weighted by Crippen LogP contribution is -2.50. The number of rotatable bonds is 3. The molecule has 0 radical (unpaired) electrons. The number of benzene rings is 2. The molecule has 0 saturated heterocycles. The molecule has 1 N–H and O–H groups in total. The fourth-order valence-electron chi connectivity index (χ4n) is 3.55. The lowest BCUT2D eigenvalue weighted by molar-refractivity contribution is -0.117. The van der Waals surface area contributed by atoms with Gasteiger partial charge in [0, 0.05) is 17.6 Å². The topological polar surface area (TPSA) is 62.3 Å². The van der Waals surface area contributed by atoms with Crippen LogP contribution in [0.25, 0.3) is 0 Å². The highest BCUT2D eigenvalue weighted by atomic mass is 35.5. The number of carbonyl (C=O) groups excluding carboxylic acids is 2. The van der Waals surface area contributed by atoms with Gasteiger partial charge in [0.05, 0.1) is 5.56 Å². The highest BCUT2D eigenvalue weighted by molar-refractivity contribution is 6.29. The number of amides is 2. The third-order valence-corrected chi connectivity index (χ3v) is 5.29. The van der Waals surface area contributed by atoms with Crippen molar-refractivity contribution < 1.29 is 9.59 Å². The van der Waals surface area contributed by atoms with E-state index < -0.39 is 6.04 Å². The second-order valence-corrected chi connectivity index (χ2v) is 7.47. The predicted molar refractivity (Wildman–Crippen MR) is 114 cm³/mol. The van der Waals surface area contributed by atoms with Crippen LogP contribution in [0.4, 0.5) is 11.4 Å². The molecule has 6 heteroatoms. The van der Waals surface area contributed by atoms with E-state index in [-0.39, 0.29) is 11.8 Å². The van der Waals surface area contributed by atoms with Crippen molar-refractivity contribution in [1.29, 1.82) is 0 Å². The molecule has 0 saturated carbocycles. The zero-order valence-corrected chi connectivity index (χ0v) is 16.7. The second kappa shape index (κ2) is 8.05. The van der Waals surface area contributed by atoms with E-state index in [9.17, 15) is 9.59 Å². The molecule has 2 amide bonds. The molecule has 4 rings (SSSR count). The lowest BCUT2D eigenvalue weighted by Gasteiger charge is -2.36. The van der Waals surface area contributed by atoms with Gasteiger partial charge in [-0.3, -0.25) is 14.5 Å². The summed E-state index contributed by atoms with van der Waals surface area (Å²) in [6, 6.07) is 17.9. The van der Waals surface area contributed by atoms with E-state index >= 15 is 0 Å². The molecule has 5 nitrogen and oxygen atoms in total. The third kappa shape index (κ3) is 4.00. The van der Waals surface area contributed by atoms with Crippen molar-refractivity contribution >= 4 is 34.8 Å². The summed E-state index contributed by atoms with van der Waals surface area (Å²) in [4.78, 5) is 32.1. The van der Waals surface area contributed by atoms with Crippen LogP contribution in [0.3, 0.4) is 0 Å². The lowest BCUT2D eigenvalue weighted by atomic mass is 9.94. The Kier molecular flexibility index (Phi) is 5.32. The first kappa shape index (κ1) is 19.2. The summed E-state index contributed by atoms with van der Waals surface area (Å²) in [5.74, 6) is -0.482. The molecule has 0 bridgehead atoms. The quantitative estimate of drug-likeness (QED) is 0.645. The van der Waals surface area contributed by atoms with Gasteiger partial charge in [-0.25, -0.2) is 4.98 Å². The molecule has 1 aliphatic rings. The Morgan fingerprint density at radius 1 is 1.07 bits per heavy atom. The molecule has 146 valence electrons. The van der Waals surface area contributed by atoms with Crippen molar-refractivity contribution in [3.05, 3.63) is 88.7 Å². The number of aromatic nitrogens is 1. The van der Waals surface area contributed by atoms with Crippen molar-refractivity contribution in [3.63, 3.8) is 0 Å². The van der Waals surface area contributed by atoms with Gasteiger partial charge in [0.1, 0.15) is 11.2 Å². The fraction of sp³-hybridized carbons (Fsp3) is 0.174.